The number of aromatic nitrogens is 1. The fourth-order valence-electron chi connectivity index (χ4n) is 2.81. The van der Waals surface area contributed by atoms with E-state index in [1.807, 2.05) is 6.92 Å². The highest BCUT2D eigenvalue weighted by Gasteiger charge is 2.47. The average molecular weight is 561 g/mol. The number of carbonyl (C=O) groups excluding carboxylic acids is 1. The van der Waals surface area contributed by atoms with Crippen LogP contribution in [0.5, 0.6) is 5.75 Å². The van der Waals surface area contributed by atoms with E-state index in [1.165, 1.54) is 48.2 Å². The van der Waals surface area contributed by atoms with Crippen molar-refractivity contribution in [3.63, 3.8) is 0 Å². The number of benzene rings is 2. The molecule has 192 valence electrons. The third-order valence-corrected chi connectivity index (χ3v) is 8.12. The van der Waals surface area contributed by atoms with Crippen molar-refractivity contribution >= 4 is 43.3 Å². The zero-order chi connectivity index (χ0) is 26.7. The minimum absolute atomic E-state index is 0.134. The number of aryl methyl sites for hydroxylation is 1. The van der Waals surface area contributed by atoms with Crippen LogP contribution in [0.25, 0.3) is 0 Å². The Morgan fingerprint density at radius 2 is 1.64 bits per heavy atom. The molecule has 0 atom stereocenters. The predicted octanol–water partition coefficient (Wildman–Crippen LogP) is 4.82. The molecule has 3 aromatic rings. The topological polar surface area (TPSA) is 119 Å². The fourth-order valence-corrected chi connectivity index (χ4v) is 5.18. The second kappa shape index (κ2) is 10.5. The van der Waals surface area contributed by atoms with E-state index >= 15 is 0 Å². The number of anilines is 1. The van der Waals surface area contributed by atoms with Crippen LogP contribution in [0, 0.1) is 6.92 Å². The summed E-state index contributed by atoms with van der Waals surface area (Å²) in [4.78, 5) is 15.4. The smallest absolute Gasteiger partial charge is 0.377 e. The van der Waals surface area contributed by atoms with Crippen LogP contribution in [0.3, 0.4) is 0 Å². The summed E-state index contributed by atoms with van der Waals surface area (Å²) in [5, 5.41) is 2.71. The maximum atomic E-state index is 13.1. The Balaban J connectivity index is 2.06. The van der Waals surface area contributed by atoms with Crippen molar-refractivity contribution in [1.29, 1.82) is 0 Å². The van der Waals surface area contributed by atoms with Crippen LogP contribution < -0.4 is 9.50 Å². The van der Waals surface area contributed by atoms with Gasteiger partial charge in [-0.05, 0) is 55.1 Å². The van der Waals surface area contributed by atoms with Gasteiger partial charge in [-0.25, -0.2) is 13.4 Å². The highest BCUT2D eigenvalue weighted by Crippen LogP contribution is 2.36. The molecule has 0 spiro atoms. The summed E-state index contributed by atoms with van der Waals surface area (Å²) in [5.41, 5.74) is -5.61. The summed E-state index contributed by atoms with van der Waals surface area (Å²) >= 11 is 1.33. The van der Waals surface area contributed by atoms with Crippen LogP contribution in [0.4, 0.5) is 18.9 Å². The highest BCUT2D eigenvalue weighted by molar-refractivity contribution is 7.99. The second-order valence-electron chi connectivity index (χ2n) is 7.21. The van der Waals surface area contributed by atoms with E-state index in [9.17, 15) is 34.8 Å². The molecule has 0 unspecified atom stereocenters. The number of nitrogens with zero attached hydrogens (tertiary/aromatic N) is 1. The number of halogens is 3. The Bertz CT molecular complexity index is 1490. The molecule has 1 amide bonds. The van der Waals surface area contributed by atoms with Gasteiger partial charge in [0.2, 0.25) is 0 Å². The standard InChI is InChI=1S/C22H19F3N2O6S3/c1-3-34-20-6-4-5-17(26-20)21(28)27-18-13-16(35(29,30)22(23,24)25)11-12-19(18)33-36(31,32)15-9-7-14(2)8-10-15/h4-13H,3H2,1-2H3,(H,27,28). The van der Waals surface area contributed by atoms with Crippen molar-refractivity contribution in [3.05, 3.63) is 71.9 Å². The zero-order valence-electron chi connectivity index (χ0n) is 18.7. The van der Waals surface area contributed by atoms with Crippen LogP contribution in [0.1, 0.15) is 23.0 Å². The van der Waals surface area contributed by atoms with Crippen molar-refractivity contribution in [2.75, 3.05) is 11.1 Å². The first kappa shape index (κ1) is 27.5. The van der Waals surface area contributed by atoms with Crippen LogP contribution in [-0.4, -0.2) is 39.0 Å². The molecule has 0 saturated carbocycles. The Hall–Kier alpha value is -3.10. The normalized spacial score (nSPS) is 12.2. The average Bonchev–Trinajstić information content (AvgIpc) is 2.80. The molecule has 0 aliphatic rings. The molecular weight excluding hydrogens is 541 g/mol. The maximum absolute atomic E-state index is 13.1. The van der Waals surface area contributed by atoms with Crippen LogP contribution >= 0.6 is 11.8 Å². The highest BCUT2D eigenvalue weighted by atomic mass is 32.2. The molecule has 0 fully saturated rings. The van der Waals surface area contributed by atoms with Crippen molar-refractivity contribution in [2.24, 2.45) is 0 Å². The lowest BCUT2D eigenvalue weighted by atomic mass is 10.2. The van der Waals surface area contributed by atoms with E-state index in [0.29, 0.717) is 22.9 Å². The van der Waals surface area contributed by atoms with Crippen molar-refractivity contribution in [1.82, 2.24) is 4.98 Å². The Kier molecular flexibility index (Phi) is 8.00. The van der Waals surface area contributed by atoms with Gasteiger partial charge >= 0.3 is 15.6 Å². The van der Waals surface area contributed by atoms with E-state index < -0.39 is 47.7 Å². The van der Waals surface area contributed by atoms with Gasteiger partial charge in [0.05, 0.1) is 15.6 Å². The Morgan fingerprint density at radius 3 is 2.25 bits per heavy atom. The molecule has 0 aliphatic heterocycles. The van der Waals surface area contributed by atoms with Crippen molar-refractivity contribution in [3.8, 4) is 5.75 Å². The number of carbonyl (C=O) groups is 1. The largest absolute Gasteiger partial charge is 0.501 e. The Morgan fingerprint density at radius 1 is 1.00 bits per heavy atom. The molecule has 1 N–H and O–H groups in total. The fraction of sp³-hybridized carbons (Fsp3) is 0.182. The van der Waals surface area contributed by atoms with Gasteiger partial charge in [-0.2, -0.15) is 21.6 Å². The molecule has 1 aromatic heterocycles. The predicted molar refractivity (Wildman–Crippen MR) is 127 cm³/mol. The molecular formula is C22H19F3N2O6S3. The molecule has 8 nitrogen and oxygen atoms in total. The molecule has 0 bridgehead atoms. The molecule has 0 aliphatic carbocycles. The van der Waals surface area contributed by atoms with Gasteiger partial charge in [-0.1, -0.05) is 30.7 Å². The molecule has 1 heterocycles. The summed E-state index contributed by atoms with van der Waals surface area (Å²) in [6, 6.07) is 11.8. The quantitative estimate of drug-likeness (QED) is 0.308. The number of alkyl halides is 3. The molecule has 3 rings (SSSR count). The molecule has 0 radical (unpaired) electrons. The summed E-state index contributed by atoms with van der Waals surface area (Å²) < 4.78 is 93.7. The third kappa shape index (κ3) is 6.17. The number of nitrogens with one attached hydrogen (secondary N) is 1. The van der Waals surface area contributed by atoms with Gasteiger partial charge < -0.3 is 9.50 Å². The third-order valence-electron chi connectivity index (χ3n) is 4.57. The minimum atomic E-state index is -5.81. The first-order valence-electron chi connectivity index (χ1n) is 10.1. The molecule has 36 heavy (non-hydrogen) atoms. The number of amides is 1. The molecule has 2 aromatic carbocycles. The summed E-state index contributed by atoms with van der Waals surface area (Å²) in [5.74, 6) is -0.860. The van der Waals surface area contributed by atoms with E-state index in [4.69, 9.17) is 4.18 Å². The summed E-state index contributed by atoms with van der Waals surface area (Å²) in [6.45, 7) is 3.59. The minimum Gasteiger partial charge on any atom is -0.377 e. The first-order chi connectivity index (χ1) is 16.7. The number of pyridine rings is 1. The monoisotopic (exact) mass is 560 g/mol. The van der Waals surface area contributed by atoms with E-state index in [-0.39, 0.29) is 10.6 Å². The van der Waals surface area contributed by atoms with Gasteiger partial charge in [0, 0.05) is 0 Å². The van der Waals surface area contributed by atoms with E-state index in [0.717, 1.165) is 11.6 Å². The lowest BCUT2D eigenvalue weighted by molar-refractivity contribution is -0.0436. The van der Waals surface area contributed by atoms with Crippen LogP contribution in [0.15, 0.2) is 75.5 Å². The number of sulfone groups is 1. The van der Waals surface area contributed by atoms with Gasteiger partial charge in [0.25, 0.3) is 15.7 Å². The van der Waals surface area contributed by atoms with E-state index in [1.54, 1.807) is 13.0 Å². The molecule has 0 saturated heterocycles. The van der Waals surface area contributed by atoms with E-state index in [2.05, 4.69) is 10.3 Å². The SMILES string of the molecule is CCSc1cccc(C(=O)Nc2cc(S(=O)(=O)C(F)(F)F)ccc2OS(=O)(=O)c2ccc(C)cc2)n1. The van der Waals surface area contributed by atoms with Gasteiger partial charge in [0.1, 0.15) is 10.6 Å². The van der Waals surface area contributed by atoms with Gasteiger partial charge in [0.15, 0.2) is 5.75 Å². The molecule has 14 heteroatoms. The summed E-state index contributed by atoms with van der Waals surface area (Å²) in [7, 11) is -10.3. The first-order valence-corrected chi connectivity index (χ1v) is 14.0. The number of rotatable bonds is 8. The van der Waals surface area contributed by atoms with Gasteiger partial charge in [-0.3, -0.25) is 4.79 Å². The number of hydrogen-bond donors (Lipinski definition) is 1. The van der Waals surface area contributed by atoms with Crippen molar-refractivity contribution in [2.45, 2.75) is 34.2 Å². The van der Waals surface area contributed by atoms with Gasteiger partial charge in [-0.15, -0.1) is 11.8 Å². The Labute approximate surface area is 209 Å². The zero-order valence-corrected chi connectivity index (χ0v) is 21.2. The summed E-state index contributed by atoms with van der Waals surface area (Å²) in [6.07, 6.45) is 0. The van der Waals surface area contributed by atoms with Crippen LogP contribution in [-0.2, 0) is 20.0 Å². The number of thioether (sulfide) groups is 1. The van der Waals surface area contributed by atoms with Crippen molar-refractivity contribution < 1.29 is 39.0 Å². The lowest BCUT2D eigenvalue weighted by Gasteiger charge is -2.15. The van der Waals surface area contributed by atoms with Crippen LogP contribution in [0.2, 0.25) is 0 Å². The second-order valence-corrected chi connectivity index (χ2v) is 12.0. The number of hydrogen-bond acceptors (Lipinski definition) is 8. The lowest BCUT2D eigenvalue weighted by Crippen LogP contribution is -2.24. The maximum Gasteiger partial charge on any atom is 0.501 e.